The average Bonchev–Trinajstić information content (AvgIpc) is 2.76. The van der Waals surface area contributed by atoms with E-state index in [9.17, 15) is 0 Å². The Morgan fingerprint density at radius 3 is 3.13 bits per heavy atom. The predicted molar refractivity (Wildman–Crippen MR) is 60.4 cm³/mol. The van der Waals surface area contributed by atoms with Gasteiger partial charge in [-0.05, 0) is 37.3 Å². The molecule has 1 aliphatic heterocycles. The van der Waals surface area contributed by atoms with E-state index in [-0.39, 0.29) is 0 Å². The maximum atomic E-state index is 5.87. The molecule has 3 rings (SSSR count). The minimum atomic E-state index is 0.402. The molecule has 2 aliphatic carbocycles. The summed E-state index contributed by atoms with van der Waals surface area (Å²) >= 11 is 0. The lowest BCUT2D eigenvalue weighted by Gasteiger charge is -2.37. The molecule has 0 spiro atoms. The van der Waals surface area contributed by atoms with Crippen molar-refractivity contribution in [1.29, 1.82) is 0 Å². The first-order chi connectivity index (χ1) is 7.40. The summed E-state index contributed by atoms with van der Waals surface area (Å²) in [6, 6.07) is 0. The Hall–Kier alpha value is -0.600. The molecule has 2 nitrogen and oxygen atoms in total. The van der Waals surface area contributed by atoms with Crippen LogP contribution in [0.15, 0.2) is 23.3 Å². The summed E-state index contributed by atoms with van der Waals surface area (Å²) in [5, 5.41) is 0. The zero-order chi connectivity index (χ0) is 10.3. The van der Waals surface area contributed by atoms with Crippen molar-refractivity contribution in [2.45, 2.75) is 31.8 Å². The van der Waals surface area contributed by atoms with Gasteiger partial charge in [0.2, 0.25) is 0 Å². The van der Waals surface area contributed by atoms with E-state index in [4.69, 9.17) is 10.5 Å². The highest BCUT2D eigenvalue weighted by Crippen LogP contribution is 2.43. The van der Waals surface area contributed by atoms with E-state index in [2.05, 4.69) is 12.2 Å². The van der Waals surface area contributed by atoms with Crippen LogP contribution in [0.4, 0.5) is 0 Å². The number of allylic oxidation sites excluding steroid dienone is 2. The van der Waals surface area contributed by atoms with Crippen molar-refractivity contribution in [3.05, 3.63) is 23.3 Å². The Balaban J connectivity index is 1.91. The number of hydrogen-bond acceptors (Lipinski definition) is 2. The van der Waals surface area contributed by atoms with Crippen LogP contribution in [0.1, 0.15) is 25.7 Å². The number of rotatable bonds is 1. The lowest BCUT2D eigenvalue weighted by molar-refractivity contribution is 0.0752. The fraction of sp³-hybridized carbons (Fsp3) is 0.692. The third-order valence-electron chi connectivity index (χ3n) is 4.16. The maximum Gasteiger partial charge on any atom is 0.0854 e. The Morgan fingerprint density at radius 2 is 2.27 bits per heavy atom. The Kier molecular flexibility index (Phi) is 2.41. The van der Waals surface area contributed by atoms with Crippen LogP contribution < -0.4 is 5.73 Å². The Bertz CT molecular complexity index is 318. The second-order valence-corrected chi connectivity index (χ2v) is 4.92. The second-order valence-electron chi connectivity index (χ2n) is 4.92. The fourth-order valence-electron chi connectivity index (χ4n) is 3.37. The van der Waals surface area contributed by atoms with E-state index in [1.807, 2.05) is 0 Å². The Labute approximate surface area is 91.2 Å². The minimum Gasteiger partial charge on any atom is -0.373 e. The van der Waals surface area contributed by atoms with E-state index in [0.717, 1.165) is 19.6 Å². The minimum absolute atomic E-state index is 0.402. The van der Waals surface area contributed by atoms with Gasteiger partial charge in [0.1, 0.15) is 0 Å². The van der Waals surface area contributed by atoms with Gasteiger partial charge in [0, 0.05) is 5.92 Å². The van der Waals surface area contributed by atoms with Crippen molar-refractivity contribution in [2.24, 2.45) is 17.6 Å². The zero-order valence-electron chi connectivity index (χ0n) is 9.11. The molecule has 2 heteroatoms. The summed E-state index contributed by atoms with van der Waals surface area (Å²) in [6.45, 7) is 1.72. The third-order valence-corrected chi connectivity index (χ3v) is 4.16. The zero-order valence-corrected chi connectivity index (χ0v) is 9.11. The molecular weight excluding hydrogens is 186 g/mol. The molecule has 0 aromatic heterocycles. The van der Waals surface area contributed by atoms with Gasteiger partial charge in [-0.15, -0.1) is 0 Å². The second kappa shape index (κ2) is 3.76. The first-order valence-corrected chi connectivity index (χ1v) is 6.12. The average molecular weight is 205 g/mol. The molecule has 0 bridgehead atoms. The quantitative estimate of drug-likeness (QED) is 0.710. The number of nitrogens with two attached hydrogens (primary N) is 1. The Morgan fingerprint density at radius 1 is 1.33 bits per heavy atom. The van der Waals surface area contributed by atoms with Gasteiger partial charge < -0.3 is 10.5 Å². The van der Waals surface area contributed by atoms with Crippen molar-refractivity contribution in [3.8, 4) is 0 Å². The normalized spacial score (nSPS) is 39.1. The first kappa shape index (κ1) is 9.61. The van der Waals surface area contributed by atoms with Gasteiger partial charge in [-0.3, -0.25) is 0 Å². The van der Waals surface area contributed by atoms with Crippen LogP contribution >= 0.6 is 0 Å². The molecule has 3 atom stereocenters. The number of hydrogen-bond donors (Lipinski definition) is 1. The van der Waals surface area contributed by atoms with E-state index in [0.29, 0.717) is 17.9 Å². The molecule has 3 unspecified atom stereocenters. The van der Waals surface area contributed by atoms with Gasteiger partial charge in [-0.25, -0.2) is 0 Å². The molecule has 82 valence electrons. The van der Waals surface area contributed by atoms with Crippen molar-refractivity contribution < 1.29 is 4.74 Å². The molecule has 3 aliphatic rings. The first-order valence-electron chi connectivity index (χ1n) is 6.12. The summed E-state index contributed by atoms with van der Waals surface area (Å²) in [5.74, 6) is 1.26. The van der Waals surface area contributed by atoms with Crippen LogP contribution in [-0.2, 0) is 4.74 Å². The van der Waals surface area contributed by atoms with Crippen LogP contribution in [-0.4, -0.2) is 19.3 Å². The number of fused-ring (bicyclic) bond motifs is 3. The van der Waals surface area contributed by atoms with Crippen molar-refractivity contribution in [3.63, 3.8) is 0 Å². The van der Waals surface area contributed by atoms with Gasteiger partial charge in [0.25, 0.3) is 0 Å². The monoisotopic (exact) mass is 205 g/mol. The lowest BCUT2D eigenvalue weighted by atomic mass is 9.70. The summed E-state index contributed by atoms with van der Waals surface area (Å²) in [7, 11) is 0. The molecule has 0 amide bonds. The van der Waals surface area contributed by atoms with Gasteiger partial charge in [0.05, 0.1) is 12.7 Å². The predicted octanol–water partition coefficient (Wildman–Crippen LogP) is 2.02. The molecular formula is C13H19NO. The van der Waals surface area contributed by atoms with Crippen LogP contribution in [0.2, 0.25) is 0 Å². The van der Waals surface area contributed by atoms with Gasteiger partial charge in [-0.1, -0.05) is 24.1 Å². The summed E-state index contributed by atoms with van der Waals surface area (Å²) in [4.78, 5) is 0. The van der Waals surface area contributed by atoms with Crippen LogP contribution in [0.25, 0.3) is 0 Å². The summed E-state index contributed by atoms with van der Waals surface area (Å²) in [5.41, 5.74) is 8.93. The highest BCUT2D eigenvalue weighted by atomic mass is 16.5. The molecule has 15 heavy (non-hydrogen) atoms. The molecule has 2 N–H and O–H groups in total. The van der Waals surface area contributed by atoms with E-state index < -0.39 is 0 Å². The lowest BCUT2D eigenvalue weighted by Crippen LogP contribution is -2.34. The highest BCUT2D eigenvalue weighted by Gasteiger charge is 2.38. The van der Waals surface area contributed by atoms with Gasteiger partial charge >= 0.3 is 0 Å². The van der Waals surface area contributed by atoms with Crippen molar-refractivity contribution >= 4 is 0 Å². The van der Waals surface area contributed by atoms with Crippen LogP contribution in [0.5, 0.6) is 0 Å². The molecule has 1 saturated carbocycles. The smallest absolute Gasteiger partial charge is 0.0854 e. The SMILES string of the molecule is NCC1CCCC2C1=CC=C1CCOC12. The summed E-state index contributed by atoms with van der Waals surface area (Å²) in [6.07, 6.45) is 10.0. The molecule has 0 radical (unpaired) electrons. The fourth-order valence-corrected chi connectivity index (χ4v) is 3.37. The molecule has 0 aromatic rings. The molecule has 2 fully saturated rings. The van der Waals surface area contributed by atoms with Gasteiger partial charge in [-0.2, -0.15) is 0 Å². The highest BCUT2D eigenvalue weighted by molar-refractivity contribution is 5.34. The van der Waals surface area contributed by atoms with E-state index in [1.54, 1.807) is 5.57 Å². The van der Waals surface area contributed by atoms with E-state index in [1.165, 1.54) is 24.8 Å². The van der Waals surface area contributed by atoms with Gasteiger partial charge in [0.15, 0.2) is 0 Å². The van der Waals surface area contributed by atoms with Crippen molar-refractivity contribution in [2.75, 3.05) is 13.2 Å². The molecule has 1 heterocycles. The summed E-state index contributed by atoms with van der Waals surface area (Å²) < 4.78 is 5.87. The standard InChI is InChI=1S/C13H19NO/c14-8-10-2-1-3-12-11(10)5-4-9-6-7-15-13(9)12/h4-5,10,12-13H,1-3,6-8,14H2. The van der Waals surface area contributed by atoms with Crippen molar-refractivity contribution in [1.82, 2.24) is 0 Å². The molecule has 1 saturated heterocycles. The largest absolute Gasteiger partial charge is 0.373 e. The maximum absolute atomic E-state index is 5.87. The molecule has 0 aromatic carbocycles. The third kappa shape index (κ3) is 1.47. The number of ether oxygens (including phenoxy) is 1. The van der Waals surface area contributed by atoms with Crippen LogP contribution in [0.3, 0.4) is 0 Å². The topological polar surface area (TPSA) is 35.2 Å². The van der Waals surface area contributed by atoms with Crippen LogP contribution in [0, 0.1) is 11.8 Å². The van der Waals surface area contributed by atoms with E-state index >= 15 is 0 Å².